The minimum atomic E-state index is -0.109. The van der Waals surface area contributed by atoms with Crippen molar-refractivity contribution in [2.45, 2.75) is 26.2 Å². The first-order valence-corrected chi connectivity index (χ1v) is 10.2. The molecule has 0 fully saturated rings. The fourth-order valence-corrected chi connectivity index (χ4v) is 3.34. The quantitative estimate of drug-likeness (QED) is 0.560. The number of fused-ring (bicyclic) bond motifs is 1. The number of carbonyl (C=O) groups is 1. The number of nitrogens with one attached hydrogen (secondary N) is 1. The first-order chi connectivity index (χ1) is 14.8. The lowest BCUT2D eigenvalue weighted by molar-refractivity contribution is -0.116. The van der Waals surface area contributed by atoms with E-state index >= 15 is 0 Å². The van der Waals surface area contributed by atoms with Crippen LogP contribution in [-0.2, 0) is 35.7 Å². The van der Waals surface area contributed by atoms with Gasteiger partial charge < -0.3 is 14.8 Å². The minimum Gasteiger partial charge on any atom is -0.493 e. The molecule has 3 aromatic carbocycles. The molecule has 3 aromatic rings. The number of ether oxygens (including phenoxy) is 2. The Morgan fingerprint density at radius 1 is 0.933 bits per heavy atom. The third kappa shape index (κ3) is 5.58. The van der Waals surface area contributed by atoms with Gasteiger partial charge in [0.2, 0.25) is 5.91 Å². The Balaban J connectivity index is 1.21. The van der Waals surface area contributed by atoms with E-state index in [1.807, 2.05) is 60.7 Å². The highest BCUT2D eigenvalue weighted by atomic mass is 16.5. The Bertz CT molecular complexity index is 1010. The van der Waals surface area contributed by atoms with Gasteiger partial charge in [0, 0.05) is 19.0 Å². The van der Waals surface area contributed by atoms with Gasteiger partial charge in [0.25, 0.3) is 0 Å². The maximum Gasteiger partial charge on any atom is 0.244 e. The predicted octanol–water partition coefficient (Wildman–Crippen LogP) is 4.67. The van der Waals surface area contributed by atoms with Crippen molar-refractivity contribution < 1.29 is 14.3 Å². The summed E-state index contributed by atoms with van der Waals surface area (Å²) >= 11 is 0. The van der Waals surface area contributed by atoms with E-state index in [0.717, 1.165) is 41.0 Å². The normalized spacial score (nSPS) is 12.5. The van der Waals surface area contributed by atoms with Crippen molar-refractivity contribution in [3.8, 4) is 5.75 Å². The second kappa shape index (κ2) is 9.90. The second-order valence-electron chi connectivity index (χ2n) is 7.31. The average molecular weight is 399 g/mol. The highest BCUT2D eigenvalue weighted by Gasteiger charge is 2.11. The third-order valence-electron chi connectivity index (χ3n) is 5.01. The van der Waals surface area contributed by atoms with Gasteiger partial charge in [-0.15, -0.1) is 0 Å². The van der Waals surface area contributed by atoms with E-state index in [-0.39, 0.29) is 5.91 Å². The van der Waals surface area contributed by atoms with Crippen LogP contribution in [0.1, 0.15) is 27.8 Å². The van der Waals surface area contributed by atoms with Crippen LogP contribution in [0.5, 0.6) is 5.75 Å². The van der Waals surface area contributed by atoms with Gasteiger partial charge in [-0.3, -0.25) is 4.79 Å². The van der Waals surface area contributed by atoms with E-state index in [1.54, 1.807) is 6.08 Å². The molecule has 1 heterocycles. The van der Waals surface area contributed by atoms with E-state index in [0.29, 0.717) is 19.8 Å². The van der Waals surface area contributed by atoms with E-state index in [4.69, 9.17) is 9.47 Å². The van der Waals surface area contributed by atoms with E-state index in [1.165, 1.54) is 5.56 Å². The maximum atomic E-state index is 12.1. The molecular formula is C26H25NO3. The topological polar surface area (TPSA) is 47.6 Å². The highest BCUT2D eigenvalue weighted by Crippen LogP contribution is 2.26. The van der Waals surface area contributed by atoms with Gasteiger partial charge >= 0.3 is 0 Å². The van der Waals surface area contributed by atoms with Crippen LogP contribution < -0.4 is 10.1 Å². The maximum absolute atomic E-state index is 12.1. The zero-order valence-corrected chi connectivity index (χ0v) is 16.8. The number of hydrogen-bond acceptors (Lipinski definition) is 3. The molecule has 1 aliphatic heterocycles. The summed E-state index contributed by atoms with van der Waals surface area (Å²) in [5, 5.41) is 2.92. The van der Waals surface area contributed by atoms with Crippen molar-refractivity contribution in [1.82, 2.24) is 5.32 Å². The van der Waals surface area contributed by atoms with E-state index in [2.05, 4.69) is 23.5 Å². The summed E-state index contributed by atoms with van der Waals surface area (Å²) in [5.74, 6) is 0.840. The monoisotopic (exact) mass is 399 g/mol. The lowest BCUT2D eigenvalue weighted by atomic mass is 10.1. The molecule has 0 saturated carbocycles. The average Bonchev–Trinajstić information content (AvgIpc) is 3.26. The summed E-state index contributed by atoms with van der Waals surface area (Å²) in [6, 6.07) is 24.2. The molecule has 0 radical (unpaired) electrons. The molecule has 152 valence electrons. The number of benzene rings is 3. The molecule has 0 aromatic heterocycles. The van der Waals surface area contributed by atoms with Crippen molar-refractivity contribution in [1.29, 1.82) is 0 Å². The summed E-state index contributed by atoms with van der Waals surface area (Å²) in [7, 11) is 0. The van der Waals surface area contributed by atoms with Crippen molar-refractivity contribution in [2.24, 2.45) is 0 Å². The van der Waals surface area contributed by atoms with Crippen LogP contribution in [0.4, 0.5) is 0 Å². The Labute approximate surface area is 177 Å². The summed E-state index contributed by atoms with van der Waals surface area (Å²) in [6.45, 7) is 2.39. The number of carbonyl (C=O) groups excluding carboxylic acids is 1. The molecular weight excluding hydrogens is 374 g/mol. The van der Waals surface area contributed by atoms with Crippen LogP contribution in [0.3, 0.4) is 0 Å². The number of rotatable bonds is 8. The van der Waals surface area contributed by atoms with Gasteiger partial charge in [-0.05, 0) is 46.0 Å². The van der Waals surface area contributed by atoms with Crippen LogP contribution in [0.25, 0.3) is 6.08 Å². The Kier molecular flexibility index (Phi) is 6.58. The first kappa shape index (κ1) is 19.9. The molecule has 0 saturated heterocycles. The number of amides is 1. The fraction of sp³-hybridized carbons (Fsp3) is 0.192. The van der Waals surface area contributed by atoms with Crippen LogP contribution in [-0.4, -0.2) is 12.5 Å². The van der Waals surface area contributed by atoms with Gasteiger partial charge in [0.15, 0.2) is 0 Å². The second-order valence-corrected chi connectivity index (χ2v) is 7.31. The zero-order valence-electron chi connectivity index (χ0n) is 16.8. The van der Waals surface area contributed by atoms with Crippen LogP contribution >= 0.6 is 0 Å². The van der Waals surface area contributed by atoms with E-state index < -0.39 is 0 Å². The van der Waals surface area contributed by atoms with Gasteiger partial charge in [-0.1, -0.05) is 60.7 Å². The molecule has 1 N–H and O–H groups in total. The third-order valence-corrected chi connectivity index (χ3v) is 5.01. The SMILES string of the molecule is O=C(/C=C/c1ccc2c(c1)CCO2)NCc1ccc(COCc2ccccc2)cc1. The lowest BCUT2D eigenvalue weighted by Crippen LogP contribution is -2.20. The summed E-state index contributed by atoms with van der Waals surface area (Å²) in [5.41, 5.74) is 5.54. The molecule has 1 aliphatic rings. The van der Waals surface area contributed by atoms with E-state index in [9.17, 15) is 4.79 Å². The van der Waals surface area contributed by atoms with Gasteiger partial charge in [-0.2, -0.15) is 0 Å². The molecule has 1 amide bonds. The molecule has 0 unspecified atom stereocenters. The zero-order chi connectivity index (χ0) is 20.6. The lowest BCUT2D eigenvalue weighted by Gasteiger charge is -2.07. The Morgan fingerprint density at radius 3 is 2.47 bits per heavy atom. The molecule has 4 nitrogen and oxygen atoms in total. The molecule has 4 heteroatoms. The van der Waals surface area contributed by atoms with Crippen molar-refractivity contribution >= 4 is 12.0 Å². The Hall–Kier alpha value is -3.37. The van der Waals surface area contributed by atoms with Crippen LogP contribution in [0.15, 0.2) is 78.9 Å². The van der Waals surface area contributed by atoms with Crippen LogP contribution in [0.2, 0.25) is 0 Å². The molecule has 0 spiro atoms. The molecule has 30 heavy (non-hydrogen) atoms. The summed E-state index contributed by atoms with van der Waals surface area (Å²) in [6.07, 6.45) is 4.33. The molecule has 4 rings (SSSR count). The van der Waals surface area contributed by atoms with Crippen molar-refractivity contribution in [3.63, 3.8) is 0 Å². The van der Waals surface area contributed by atoms with Crippen molar-refractivity contribution in [3.05, 3.63) is 107 Å². The fourth-order valence-electron chi connectivity index (χ4n) is 3.34. The molecule has 0 bridgehead atoms. The van der Waals surface area contributed by atoms with Gasteiger partial charge in [0.1, 0.15) is 5.75 Å². The summed E-state index contributed by atoms with van der Waals surface area (Å²) in [4.78, 5) is 12.1. The minimum absolute atomic E-state index is 0.109. The predicted molar refractivity (Wildman–Crippen MR) is 118 cm³/mol. The first-order valence-electron chi connectivity index (χ1n) is 10.2. The van der Waals surface area contributed by atoms with Crippen LogP contribution in [0, 0.1) is 0 Å². The number of hydrogen-bond donors (Lipinski definition) is 1. The highest BCUT2D eigenvalue weighted by molar-refractivity contribution is 5.91. The van der Waals surface area contributed by atoms with Gasteiger partial charge in [0.05, 0.1) is 19.8 Å². The smallest absolute Gasteiger partial charge is 0.244 e. The summed E-state index contributed by atoms with van der Waals surface area (Å²) < 4.78 is 11.3. The standard InChI is InChI=1S/C26H25NO3/c28-26(13-11-20-10-12-25-24(16-20)14-15-30-25)27-17-21-6-8-23(9-7-21)19-29-18-22-4-2-1-3-5-22/h1-13,16H,14-15,17-19H2,(H,27,28)/b13-11+. The molecule has 0 aliphatic carbocycles. The van der Waals surface area contributed by atoms with Gasteiger partial charge in [-0.25, -0.2) is 0 Å². The Morgan fingerprint density at radius 2 is 1.67 bits per heavy atom. The van der Waals surface area contributed by atoms with Crippen molar-refractivity contribution in [2.75, 3.05) is 6.61 Å². The largest absolute Gasteiger partial charge is 0.493 e. The molecule has 0 atom stereocenters.